The van der Waals surface area contributed by atoms with Crippen molar-refractivity contribution in [2.24, 2.45) is 5.73 Å². The molecule has 6 rings (SSSR count). The minimum absolute atomic E-state index is 0.0915. The van der Waals surface area contributed by atoms with E-state index in [1.807, 2.05) is 47.5 Å². The van der Waals surface area contributed by atoms with E-state index in [4.69, 9.17) is 11.0 Å². The summed E-state index contributed by atoms with van der Waals surface area (Å²) in [6, 6.07) is 25.8. The van der Waals surface area contributed by atoms with Gasteiger partial charge in [0.15, 0.2) is 0 Å². The van der Waals surface area contributed by atoms with Gasteiger partial charge >= 0.3 is 0 Å². The summed E-state index contributed by atoms with van der Waals surface area (Å²) < 4.78 is 15.4. The Morgan fingerprint density at radius 3 is 2.18 bits per heavy atom. The molecule has 2 aromatic carbocycles. The molecule has 0 saturated carbocycles. The lowest BCUT2D eigenvalue weighted by Crippen LogP contribution is -2.49. The molecule has 0 radical (unpaired) electrons. The molecule has 9 nitrogen and oxygen atoms in total. The molecule has 10 heteroatoms. The first-order chi connectivity index (χ1) is 21.4. The van der Waals surface area contributed by atoms with Gasteiger partial charge in [-0.1, -0.05) is 18.2 Å². The van der Waals surface area contributed by atoms with Crippen molar-refractivity contribution < 1.29 is 14.0 Å². The van der Waals surface area contributed by atoms with Crippen molar-refractivity contribution in [3.63, 3.8) is 0 Å². The molecule has 2 aliphatic rings. The van der Waals surface area contributed by atoms with Crippen molar-refractivity contribution in [1.29, 1.82) is 5.26 Å². The molecule has 226 valence electrons. The highest BCUT2D eigenvalue weighted by Gasteiger charge is 2.27. The number of nitrogens with two attached hydrogens (primary N) is 1. The predicted molar refractivity (Wildman–Crippen MR) is 166 cm³/mol. The largest absolute Gasteiger partial charge is 0.368 e. The second-order valence-corrected chi connectivity index (χ2v) is 11.0. The summed E-state index contributed by atoms with van der Waals surface area (Å²) in [5.74, 6) is -0.632. The van der Waals surface area contributed by atoms with E-state index in [9.17, 15) is 14.0 Å². The molecule has 44 heavy (non-hydrogen) atoms. The van der Waals surface area contributed by atoms with Gasteiger partial charge in [0.25, 0.3) is 11.8 Å². The number of rotatable bonds is 6. The summed E-state index contributed by atoms with van der Waals surface area (Å²) in [7, 11) is 0. The van der Waals surface area contributed by atoms with Crippen molar-refractivity contribution in [2.75, 3.05) is 44.2 Å². The van der Waals surface area contributed by atoms with Gasteiger partial charge in [-0.15, -0.1) is 0 Å². The number of likely N-dealkylation sites (tertiary alicyclic amines) is 1. The Bertz CT molecular complexity index is 1570. The lowest BCUT2D eigenvalue weighted by atomic mass is 10.0. The summed E-state index contributed by atoms with van der Waals surface area (Å²) in [4.78, 5) is 34.0. The zero-order valence-corrected chi connectivity index (χ0v) is 24.6. The number of nitriles is 1. The highest BCUT2D eigenvalue weighted by atomic mass is 19.1. The number of hydrogen-bond acceptors (Lipinski definition) is 6. The van der Waals surface area contributed by atoms with E-state index in [2.05, 4.69) is 25.4 Å². The second-order valence-electron chi connectivity index (χ2n) is 11.0. The lowest BCUT2D eigenvalue weighted by Gasteiger charge is -2.37. The fourth-order valence-corrected chi connectivity index (χ4v) is 5.68. The average Bonchev–Trinajstić information content (AvgIpc) is 3.56. The summed E-state index contributed by atoms with van der Waals surface area (Å²) in [6.45, 7) is 5.64. The van der Waals surface area contributed by atoms with Gasteiger partial charge in [0.1, 0.15) is 17.2 Å². The number of carbonyl (C=O) groups excluding carboxylic acids is 2. The molecule has 0 unspecified atom stereocenters. The maximum Gasteiger partial charge on any atom is 0.270 e. The van der Waals surface area contributed by atoms with E-state index < -0.39 is 5.91 Å². The minimum Gasteiger partial charge on any atom is -0.368 e. The summed E-state index contributed by atoms with van der Waals surface area (Å²) in [5, 5.41) is 8.98. The van der Waals surface area contributed by atoms with Crippen LogP contribution in [0.3, 0.4) is 0 Å². The van der Waals surface area contributed by atoms with Gasteiger partial charge in [0.2, 0.25) is 0 Å². The topological polar surface area (TPSA) is 111 Å². The normalized spacial score (nSPS) is 15.6. The number of benzene rings is 2. The van der Waals surface area contributed by atoms with Crippen LogP contribution >= 0.6 is 0 Å². The third-order valence-corrected chi connectivity index (χ3v) is 8.11. The van der Waals surface area contributed by atoms with E-state index in [0.717, 1.165) is 56.9 Å². The highest BCUT2D eigenvalue weighted by Crippen LogP contribution is 2.27. The Balaban J connectivity index is 0.000000367. The molecule has 4 aromatic rings. The van der Waals surface area contributed by atoms with Crippen LogP contribution in [-0.2, 0) is 6.54 Å². The molecule has 4 heterocycles. The zero-order valence-electron chi connectivity index (χ0n) is 24.6. The quantitative estimate of drug-likeness (QED) is 0.353. The van der Waals surface area contributed by atoms with Gasteiger partial charge in [0, 0.05) is 69.9 Å². The molecule has 0 aliphatic carbocycles. The van der Waals surface area contributed by atoms with Crippen LogP contribution in [0, 0.1) is 17.1 Å². The van der Waals surface area contributed by atoms with Gasteiger partial charge < -0.3 is 20.1 Å². The number of primary amides is 1. The molecule has 2 N–H and O–H groups in total. The minimum atomic E-state index is -0.490. The maximum atomic E-state index is 13.4. The third kappa shape index (κ3) is 7.68. The van der Waals surface area contributed by atoms with E-state index >= 15 is 0 Å². The molecule has 2 amide bonds. The van der Waals surface area contributed by atoms with Crippen molar-refractivity contribution >= 4 is 17.5 Å². The van der Waals surface area contributed by atoms with Gasteiger partial charge in [-0.05, 0) is 79.1 Å². The summed E-state index contributed by atoms with van der Waals surface area (Å²) in [6.07, 6.45) is 5.58. The van der Waals surface area contributed by atoms with Crippen molar-refractivity contribution in [3.05, 3.63) is 120 Å². The van der Waals surface area contributed by atoms with Crippen LogP contribution in [0.15, 0.2) is 91.3 Å². The van der Waals surface area contributed by atoms with Crippen LogP contribution < -0.4 is 10.6 Å². The van der Waals surface area contributed by atoms with Gasteiger partial charge in [-0.25, -0.2) is 4.39 Å². The smallest absolute Gasteiger partial charge is 0.270 e. The number of halogens is 1. The second kappa shape index (κ2) is 14.4. The van der Waals surface area contributed by atoms with Gasteiger partial charge in [-0.2, -0.15) is 5.26 Å². The number of nitrogens with zero attached hydrogens (tertiary/aromatic N) is 6. The number of hydrogen-bond donors (Lipinski definition) is 1. The molecule has 0 atom stereocenters. The predicted octanol–water partition coefficient (Wildman–Crippen LogP) is 4.48. The van der Waals surface area contributed by atoms with E-state index in [0.29, 0.717) is 30.4 Å². The number of piperidine rings is 1. The Morgan fingerprint density at radius 1 is 0.886 bits per heavy atom. The van der Waals surface area contributed by atoms with Crippen molar-refractivity contribution in [2.45, 2.75) is 25.4 Å². The van der Waals surface area contributed by atoms with Gasteiger partial charge in [-0.3, -0.25) is 19.5 Å². The van der Waals surface area contributed by atoms with E-state index in [1.54, 1.807) is 30.3 Å². The van der Waals surface area contributed by atoms with Crippen LogP contribution in [0.4, 0.5) is 10.1 Å². The third-order valence-electron chi connectivity index (χ3n) is 8.11. The van der Waals surface area contributed by atoms with Crippen molar-refractivity contribution in [1.82, 2.24) is 19.4 Å². The molecule has 2 fully saturated rings. The Labute approximate surface area is 256 Å². The first-order valence-corrected chi connectivity index (χ1v) is 14.8. The van der Waals surface area contributed by atoms with Crippen LogP contribution in [-0.4, -0.2) is 70.4 Å². The molecule has 2 aromatic heterocycles. The van der Waals surface area contributed by atoms with Crippen LogP contribution in [0.2, 0.25) is 0 Å². The van der Waals surface area contributed by atoms with E-state index in [-0.39, 0.29) is 11.7 Å². The van der Waals surface area contributed by atoms with Crippen LogP contribution in [0.25, 0.3) is 0 Å². The fourth-order valence-electron chi connectivity index (χ4n) is 5.68. The number of carbonyl (C=O) groups is 2. The molecule has 2 saturated heterocycles. The maximum absolute atomic E-state index is 13.4. The standard InChI is InChI=1S/C28H30FN5O.C6H6N2O/c29-24-7-9-25(10-8-24)32-16-18-33(19-17-32)28(35)27-2-1-13-34(27)26-11-14-31(15-12-26)21-23-5-3-22(20-30)4-6-23;7-6(9)5-3-1-2-4-8-5/h1-10,13,26H,11-12,14-19,21H2;1-4H,(H2,7,9). The Kier molecular flexibility index (Phi) is 10.00. The van der Waals surface area contributed by atoms with Crippen LogP contribution in [0.5, 0.6) is 0 Å². The zero-order chi connectivity index (χ0) is 30.9. The molecule has 0 bridgehead atoms. The molecular weight excluding hydrogens is 557 g/mol. The number of piperazine rings is 1. The number of amides is 2. The first kappa shape index (κ1) is 30.4. The highest BCUT2D eigenvalue weighted by molar-refractivity contribution is 5.93. The lowest BCUT2D eigenvalue weighted by molar-refractivity contribution is 0.0728. The summed E-state index contributed by atoms with van der Waals surface area (Å²) in [5.41, 5.74) is 8.89. The fraction of sp³-hybridized carbons (Fsp3) is 0.294. The Hall–Kier alpha value is -5.01. The number of pyridine rings is 1. The van der Waals surface area contributed by atoms with Crippen molar-refractivity contribution in [3.8, 4) is 6.07 Å². The number of anilines is 1. The summed E-state index contributed by atoms with van der Waals surface area (Å²) >= 11 is 0. The molecular formula is C34H36FN7O2. The molecule has 2 aliphatic heterocycles. The number of aromatic nitrogens is 2. The SMILES string of the molecule is N#Cc1ccc(CN2CCC(n3cccc3C(=O)N3CCN(c4ccc(F)cc4)CC3)CC2)cc1.NC(=O)c1ccccn1. The monoisotopic (exact) mass is 593 g/mol. The van der Waals surface area contributed by atoms with E-state index in [1.165, 1.54) is 23.9 Å². The average molecular weight is 594 g/mol. The Morgan fingerprint density at radius 2 is 1.59 bits per heavy atom. The van der Waals surface area contributed by atoms with Crippen LogP contribution in [0.1, 0.15) is 51.0 Å². The van der Waals surface area contributed by atoms with Gasteiger partial charge in [0.05, 0.1) is 11.6 Å². The molecule has 0 spiro atoms. The first-order valence-electron chi connectivity index (χ1n) is 14.8.